The maximum Gasteiger partial charge on any atom is 0.315 e. The Labute approximate surface area is 169 Å². The van der Waals surface area contributed by atoms with Gasteiger partial charge in [0.1, 0.15) is 12.7 Å². The minimum Gasteiger partial charge on any atom is -0.337 e. The van der Waals surface area contributed by atoms with Gasteiger partial charge in [-0.1, -0.05) is 42.5 Å². The summed E-state index contributed by atoms with van der Waals surface area (Å²) in [5.41, 5.74) is 2.87. The quantitative estimate of drug-likeness (QED) is 0.645. The van der Waals surface area contributed by atoms with E-state index in [4.69, 9.17) is 0 Å². The Bertz CT molecular complexity index is 926. The van der Waals surface area contributed by atoms with Crippen LogP contribution in [0.1, 0.15) is 24.1 Å². The van der Waals surface area contributed by atoms with Crippen molar-refractivity contribution in [3.05, 3.63) is 78.4 Å². The van der Waals surface area contributed by atoms with Gasteiger partial charge >= 0.3 is 6.03 Å². The van der Waals surface area contributed by atoms with Gasteiger partial charge in [-0.05, 0) is 30.2 Å². The molecule has 3 amide bonds. The van der Waals surface area contributed by atoms with Crippen LogP contribution in [-0.2, 0) is 11.3 Å². The number of nitrogens with zero attached hydrogens (tertiary/aromatic N) is 4. The van der Waals surface area contributed by atoms with Crippen LogP contribution in [0.25, 0.3) is 5.69 Å². The van der Waals surface area contributed by atoms with E-state index in [1.807, 2.05) is 61.5 Å². The Morgan fingerprint density at radius 1 is 1.07 bits per heavy atom. The number of amides is 3. The molecule has 0 aliphatic carbocycles. The maximum absolute atomic E-state index is 12.5. The van der Waals surface area contributed by atoms with E-state index in [1.165, 1.54) is 6.33 Å². The van der Waals surface area contributed by atoms with Gasteiger partial charge < -0.3 is 15.5 Å². The van der Waals surface area contributed by atoms with Crippen molar-refractivity contribution in [1.82, 2.24) is 30.3 Å². The molecule has 0 fully saturated rings. The van der Waals surface area contributed by atoms with Crippen molar-refractivity contribution in [3.63, 3.8) is 0 Å². The van der Waals surface area contributed by atoms with Crippen LogP contribution < -0.4 is 10.6 Å². The number of rotatable bonds is 7. The number of carbonyl (C=O) groups is 2. The molecule has 0 aliphatic rings. The number of benzene rings is 2. The third-order valence-electron chi connectivity index (χ3n) is 4.73. The van der Waals surface area contributed by atoms with E-state index in [-0.39, 0.29) is 24.5 Å². The highest BCUT2D eigenvalue weighted by atomic mass is 16.2. The molecule has 0 radical (unpaired) electrons. The first kappa shape index (κ1) is 20.1. The summed E-state index contributed by atoms with van der Waals surface area (Å²) in [4.78, 5) is 29.9. The number of hydrogen-bond acceptors (Lipinski definition) is 4. The zero-order valence-corrected chi connectivity index (χ0v) is 16.4. The van der Waals surface area contributed by atoms with E-state index in [9.17, 15) is 9.59 Å². The lowest BCUT2D eigenvalue weighted by molar-refractivity contribution is -0.130. The summed E-state index contributed by atoms with van der Waals surface area (Å²) >= 11 is 0. The van der Waals surface area contributed by atoms with Crippen molar-refractivity contribution in [3.8, 4) is 5.69 Å². The monoisotopic (exact) mass is 392 g/mol. The maximum atomic E-state index is 12.5. The number of likely N-dealkylation sites (N-methyl/N-ethyl adjacent to an activating group) is 1. The normalized spacial score (nSPS) is 11.5. The number of aromatic nitrogens is 3. The first-order valence-corrected chi connectivity index (χ1v) is 9.31. The second kappa shape index (κ2) is 9.50. The van der Waals surface area contributed by atoms with Crippen LogP contribution in [0.15, 0.2) is 67.3 Å². The van der Waals surface area contributed by atoms with Crippen molar-refractivity contribution in [1.29, 1.82) is 0 Å². The lowest BCUT2D eigenvalue weighted by Gasteiger charge is -2.25. The van der Waals surface area contributed by atoms with Crippen LogP contribution in [0, 0.1) is 0 Å². The Hall–Kier alpha value is -3.68. The molecule has 0 saturated heterocycles. The topological polar surface area (TPSA) is 92.2 Å². The molecule has 0 bridgehead atoms. The Morgan fingerprint density at radius 3 is 2.45 bits per heavy atom. The van der Waals surface area contributed by atoms with Crippen molar-refractivity contribution in [2.24, 2.45) is 0 Å². The zero-order chi connectivity index (χ0) is 20.6. The largest absolute Gasteiger partial charge is 0.337 e. The number of urea groups is 1. The molecule has 1 heterocycles. The molecular formula is C21H24N6O2. The number of carbonyl (C=O) groups excluding carboxylic acids is 2. The SMILES string of the molecule is C[C@@H](c1ccc(-n2cncn2)cc1)N(C)C(=O)CNC(=O)NCc1ccccc1. The van der Waals surface area contributed by atoms with E-state index >= 15 is 0 Å². The van der Waals surface area contributed by atoms with E-state index in [0.29, 0.717) is 6.54 Å². The molecule has 150 valence electrons. The van der Waals surface area contributed by atoms with Gasteiger partial charge in [0.15, 0.2) is 0 Å². The van der Waals surface area contributed by atoms with E-state index in [1.54, 1.807) is 23.0 Å². The Balaban J connectivity index is 1.48. The summed E-state index contributed by atoms with van der Waals surface area (Å²) in [6.45, 7) is 2.28. The van der Waals surface area contributed by atoms with E-state index < -0.39 is 0 Å². The molecule has 3 aromatic rings. The summed E-state index contributed by atoms with van der Waals surface area (Å²) in [7, 11) is 1.72. The first-order chi connectivity index (χ1) is 14.0. The molecule has 3 rings (SSSR count). The summed E-state index contributed by atoms with van der Waals surface area (Å²) in [6, 6.07) is 16.8. The van der Waals surface area contributed by atoms with Gasteiger partial charge in [0.05, 0.1) is 18.3 Å². The molecule has 2 N–H and O–H groups in total. The second-order valence-corrected chi connectivity index (χ2v) is 6.63. The van der Waals surface area contributed by atoms with Crippen LogP contribution >= 0.6 is 0 Å². The molecule has 8 heteroatoms. The van der Waals surface area contributed by atoms with Crippen molar-refractivity contribution >= 4 is 11.9 Å². The smallest absolute Gasteiger partial charge is 0.315 e. The van der Waals surface area contributed by atoms with Crippen LogP contribution in [-0.4, -0.2) is 45.2 Å². The summed E-state index contributed by atoms with van der Waals surface area (Å²) in [5.74, 6) is -0.173. The fourth-order valence-corrected chi connectivity index (χ4v) is 2.81. The Morgan fingerprint density at radius 2 is 1.79 bits per heavy atom. The van der Waals surface area contributed by atoms with Crippen LogP contribution in [0.3, 0.4) is 0 Å². The van der Waals surface area contributed by atoms with Gasteiger partial charge in [0.2, 0.25) is 5.91 Å². The first-order valence-electron chi connectivity index (χ1n) is 9.31. The second-order valence-electron chi connectivity index (χ2n) is 6.63. The predicted molar refractivity (Wildman–Crippen MR) is 109 cm³/mol. The highest BCUT2D eigenvalue weighted by molar-refractivity contribution is 5.84. The van der Waals surface area contributed by atoms with Gasteiger partial charge in [-0.25, -0.2) is 14.5 Å². The molecule has 0 spiro atoms. The minimum absolute atomic E-state index is 0.0709. The fourth-order valence-electron chi connectivity index (χ4n) is 2.81. The van der Waals surface area contributed by atoms with Gasteiger partial charge in [-0.2, -0.15) is 5.10 Å². The summed E-state index contributed by atoms with van der Waals surface area (Å²) < 4.78 is 1.67. The third kappa shape index (κ3) is 5.41. The molecule has 1 aromatic heterocycles. The van der Waals surface area contributed by atoms with E-state index in [2.05, 4.69) is 20.7 Å². The van der Waals surface area contributed by atoms with Crippen molar-refractivity contribution in [2.45, 2.75) is 19.5 Å². The third-order valence-corrected chi connectivity index (χ3v) is 4.73. The average molecular weight is 392 g/mol. The number of hydrogen-bond donors (Lipinski definition) is 2. The van der Waals surface area contributed by atoms with Gasteiger partial charge in [-0.15, -0.1) is 0 Å². The van der Waals surface area contributed by atoms with Gasteiger partial charge in [-0.3, -0.25) is 4.79 Å². The van der Waals surface area contributed by atoms with Crippen LogP contribution in [0.4, 0.5) is 4.79 Å². The molecular weight excluding hydrogens is 368 g/mol. The predicted octanol–water partition coefficient (Wildman–Crippen LogP) is 2.29. The van der Waals surface area contributed by atoms with Crippen molar-refractivity contribution < 1.29 is 9.59 Å². The molecule has 2 aromatic carbocycles. The molecule has 8 nitrogen and oxygen atoms in total. The van der Waals surface area contributed by atoms with Crippen molar-refractivity contribution in [2.75, 3.05) is 13.6 Å². The standard InChI is InChI=1S/C21H24N6O2/c1-16(18-8-10-19(11-9-18)27-15-22-14-25-27)26(2)20(28)13-24-21(29)23-12-17-6-4-3-5-7-17/h3-11,14-16H,12-13H2,1-2H3,(H2,23,24,29)/t16-/m0/s1. The van der Waals surface area contributed by atoms with E-state index in [0.717, 1.165) is 16.8 Å². The summed E-state index contributed by atoms with van der Waals surface area (Å²) in [5, 5.41) is 9.44. The average Bonchev–Trinajstić information content (AvgIpc) is 3.31. The van der Waals surface area contributed by atoms with Gasteiger partial charge in [0, 0.05) is 13.6 Å². The molecule has 29 heavy (non-hydrogen) atoms. The lowest BCUT2D eigenvalue weighted by atomic mass is 10.1. The zero-order valence-electron chi connectivity index (χ0n) is 16.4. The van der Waals surface area contributed by atoms with Crippen LogP contribution in [0.5, 0.6) is 0 Å². The lowest BCUT2D eigenvalue weighted by Crippen LogP contribution is -2.43. The van der Waals surface area contributed by atoms with Crippen LogP contribution in [0.2, 0.25) is 0 Å². The minimum atomic E-state index is -0.375. The van der Waals surface area contributed by atoms with Gasteiger partial charge in [0.25, 0.3) is 0 Å². The molecule has 0 aliphatic heterocycles. The fraction of sp³-hybridized carbons (Fsp3) is 0.238. The Kier molecular flexibility index (Phi) is 6.57. The highest BCUT2D eigenvalue weighted by Crippen LogP contribution is 2.20. The highest BCUT2D eigenvalue weighted by Gasteiger charge is 2.18. The number of nitrogens with one attached hydrogen (secondary N) is 2. The molecule has 0 unspecified atom stereocenters. The summed E-state index contributed by atoms with van der Waals surface area (Å²) in [6.07, 6.45) is 3.11. The molecule has 0 saturated carbocycles. The molecule has 1 atom stereocenters.